The number of ether oxygens (including phenoxy) is 1. The zero-order valence-corrected chi connectivity index (χ0v) is 13.5. The molecule has 0 bridgehead atoms. The zero-order chi connectivity index (χ0) is 15.0. The maximum absolute atomic E-state index is 5.27. The summed E-state index contributed by atoms with van der Waals surface area (Å²) in [6.07, 6.45) is 4.11. The van der Waals surface area contributed by atoms with Gasteiger partial charge in [0.25, 0.3) is 0 Å². The summed E-state index contributed by atoms with van der Waals surface area (Å²) in [4.78, 5) is 7.04. The van der Waals surface area contributed by atoms with Crippen LogP contribution in [0.4, 0.5) is 5.82 Å². The second-order valence-electron chi connectivity index (χ2n) is 5.08. The standard InChI is InChI=1S/C16H29N3O/c1-6-14(7-2)19(11-12-20-5)16-15(13(3)17-4)9-8-10-18-16/h8-10,13-14,17H,6-7,11-12H2,1-5H3. The fourth-order valence-corrected chi connectivity index (χ4v) is 2.52. The van der Waals surface area contributed by atoms with Gasteiger partial charge in [-0.1, -0.05) is 19.9 Å². The Morgan fingerprint density at radius 2 is 2.05 bits per heavy atom. The van der Waals surface area contributed by atoms with Crippen molar-refractivity contribution < 1.29 is 4.74 Å². The first-order valence-electron chi connectivity index (χ1n) is 7.57. The number of pyridine rings is 1. The van der Waals surface area contributed by atoms with Crippen LogP contribution in [0.15, 0.2) is 18.3 Å². The minimum atomic E-state index is 0.290. The quantitative estimate of drug-likeness (QED) is 0.754. The van der Waals surface area contributed by atoms with Gasteiger partial charge in [-0.25, -0.2) is 4.98 Å². The maximum atomic E-state index is 5.27. The highest BCUT2D eigenvalue weighted by Gasteiger charge is 2.21. The van der Waals surface area contributed by atoms with Crippen molar-refractivity contribution in [3.05, 3.63) is 23.9 Å². The number of nitrogens with zero attached hydrogens (tertiary/aromatic N) is 2. The Morgan fingerprint density at radius 3 is 2.60 bits per heavy atom. The molecule has 114 valence electrons. The van der Waals surface area contributed by atoms with Gasteiger partial charge < -0.3 is 15.0 Å². The number of methoxy groups -OCH3 is 1. The molecule has 0 amide bonds. The minimum Gasteiger partial charge on any atom is -0.383 e. The van der Waals surface area contributed by atoms with E-state index in [1.54, 1.807) is 7.11 Å². The van der Waals surface area contributed by atoms with E-state index in [1.807, 2.05) is 19.3 Å². The third-order valence-electron chi connectivity index (χ3n) is 3.91. The Kier molecular flexibility index (Phi) is 7.55. The molecule has 1 unspecified atom stereocenters. The summed E-state index contributed by atoms with van der Waals surface area (Å²) in [5, 5.41) is 3.31. The molecule has 1 atom stereocenters. The number of rotatable bonds is 9. The van der Waals surface area contributed by atoms with Gasteiger partial charge in [-0.05, 0) is 32.9 Å². The van der Waals surface area contributed by atoms with Crippen LogP contribution in [0.5, 0.6) is 0 Å². The Morgan fingerprint density at radius 1 is 1.35 bits per heavy atom. The first kappa shape index (κ1) is 16.9. The molecule has 0 aliphatic rings. The van der Waals surface area contributed by atoms with E-state index in [2.05, 4.69) is 42.0 Å². The number of nitrogens with one attached hydrogen (secondary N) is 1. The fourth-order valence-electron chi connectivity index (χ4n) is 2.52. The van der Waals surface area contributed by atoms with Gasteiger partial charge in [-0.3, -0.25) is 0 Å². The Balaban J connectivity index is 3.11. The molecule has 1 aromatic heterocycles. The summed E-state index contributed by atoms with van der Waals surface area (Å²) in [6.45, 7) is 8.24. The Hall–Kier alpha value is -1.13. The monoisotopic (exact) mass is 279 g/mol. The van der Waals surface area contributed by atoms with Crippen molar-refractivity contribution in [3.8, 4) is 0 Å². The second-order valence-corrected chi connectivity index (χ2v) is 5.08. The SMILES string of the molecule is CCC(CC)N(CCOC)c1ncccc1C(C)NC. The lowest BCUT2D eigenvalue weighted by atomic mass is 10.1. The van der Waals surface area contributed by atoms with Crippen LogP contribution >= 0.6 is 0 Å². The van der Waals surface area contributed by atoms with Gasteiger partial charge in [-0.15, -0.1) is 0 Å². The third-order valence-corrected chi connectivity index (χ3v) is 3.91. The molecular weight excluding hydrogens is 250 g/mol. The highest BCUT2D eigenvalue weighted by molar-refractivity contribution is 5.49. The summed E-state index contributed by atoms with van der Waals surface area (Å²) >= 11 is 0. The highest BCUT2D eigenvalue weighted by atomic mass is 16.5. The molecule has 1 rings (SSSR count). The Bertz CT molecular complexity index is 380. The van der Waals surface area contributed by atoms with Crippen molar-refractivity contribution in [2.24, 2.45) is 0 Å². The lowest BCUT2D eigenvalue weighted by molar-refractivity contribution is 0.202. The van der Waals surface area contributed by atoms with E-state index in [-0.39, 0.29) is 6.04 Å². The normalized spacial score (nSPS) is 12.7. The lowest BCUT2D eigenvalue weighted by Gasteiger charge is -2.33. The van der Waals surface area contributed by atoms with E-state index in [0.29, 0.717) is 6.04 Å². The van der Waals surface area contributed by atoms with E-state index in [0.717, 1.165) is 31.8 Å². The molecule has 1 aromatic rings. The van der Waals surface area contributed by atoms with Crippen molar-refractivity contribution in [2.75, 3.05) is 32.2 Å². The summed E-state index contributed by atoms with van der Waals surface area (Å²) in [5.74, 6) is 1.08. The molecule has 0 saturated heterocycles. The van der Waals surface area contributed by atoms with Gasteiger partial charge in [-0.2, -0.15) is 0 Å². The molecule has 4 nitrogen and oxygen atoms in total. The van der Waals surface area contributed by atoms with Gasteiger partial charge >= 0.3 is 0 Å². The smallest absolute Gasteiger partial charge is 0.133 e. The maximum Gasteiger partial charge on any atom is 0.133 e. The summed E-state index contributed by atoms with van der Waals surface area (Å²) < 4.78 is 5.27. The van der Waals surface area contributed by atoms with Crippen LogP contribution in [0.25, 0.3) is 0 Å². The zero-order valence-electron chi connectivity index (χ0n) is 13.5. The number of hydrogen-bond donors (Lipinski definition) is 1. The van der Waals surface area contributed by atoms with Crippen LogP contribution in [-0.4, -0.2) is 38.3 Å². The highest BCUT2D eigenvalue weighted by Crippen LogP contribution is 2.26. The van der Waals surface area contributed by atoms with Gasteiger partial charge in [0.1, 0.15) is 5.82 Å². The summed E-state index contributed by atoms with van der Waals surface area (Å²) in [6, 6.07) is 4.96. The van der Waals surface area contributed by atoms with Crippen molar-refractivity contribution in [2.45, 2.75) is 45.7 Å². The first-order chi connectivity index (χ1) is 9.69. The third kappa shape index (κ3) is 4.18. The molecule has 0 radical (unpaired) electrons. The molecule has 0 saturated carbocycles. The van der Waals surface area contributed by atoms with Gasteiger partial charge in [0.15, 0.2) is 0 Å². The van der Waals surface area contributed by atoms with Crippen molar-refractivity contribution in [1.82, 2.24) is 10.3 Å². The Labute approximate surface area is 123 Å². The van der Waals surface area contributed by atoms with Gasteiger partial charge in [0.2, 0.25) is 0 Å². The van der Waals surface area contributed by atoms with Crippen LogP contribution < -0.4 is 10.2 Å². The number of anilines is 1. The van der Waals surface area contributed by atoms with Gasteiger partial charge in [0, 0.05) is 37.5 Å². The first-order valence-corrected chi connectivity index (χ1v) is 7.57. The molecule has 4 heteroatoms. The van der Waals surface area contributed by atoms with Crippen LogP contribution in [0.2, 0.25) is 0 Å². The minimum absolute atomic E-state index is 0.290. The number of aromatic nitrogens is 1. The van der Waals surface area contributed by atoms with Crippen LogP contribution in [0, 0.1) is 0 Å². The van der Waals surface area contributed by atoms with E-state index >= 15 is 0 Å². The predicted octanol–water partition coefficient (Wildman–Crippen LogP) is 3.00. The molecule has 0 aliphatic carbocycles. The molecule has 0 aliphatic heterocycles. The molecule has 0 aromatic carbocycles. The topological polar surface area (TPSA) is 37.4 Å². The van der Waals surface area contributed by atoms with E-state index in [1.165, 1.54) is 5.56 Å². The molecule has 0 spiro atoms. The van der Waals surface area contributed by atoms with Crippen molar-refractivity contribution in [1.29, 1.82) is 0 Å². The summed E-state index contributed by atoms with van der Waals surface area (Å²) in [5.41, 5.74) is 1.25. The molecule has 1 N–H and O–H groups in total. The lowest BCUT2D eigenvalue weighted by Crippen LogP contribution is -2.38. The van der Waals surface area contributed by atoms with Crippen LogP contribution in [0.3, 0.4) is 0 Å². The predicted molar refractivity (Wildman–Crippen MR) is 85.3 cm³/mol. The average molecular weight is 279 g/mol. The molecular formula is C16H29N3O. The number of hydrogen-bond acceptors (Lipinski definition) is 4. The molecule has 0 fully saturated rings. The molecule has 1 heterocycles. The van der Waals surface area contributed by atoms with E-state index in [9.17, 15) is 0 Å². The average Bonchev–Trinajstić information content (AvgIpc) is 2.50. The van der Waals surface area contributed by atoms with E-state index < -0.39 is 0 Å². The molecule has 20 heavy (non-hydrogen) atoms. The fraction of sp³-hybridized carbons (Fsp3) is 0.688. The van der Waals surface area contributed by atoms with Crippen molar-refractivity contribution in [3.63, 3.8) is 0 Å². The van der Waals surface area contributed by atoms with Crippen LogP contribution in [0.1, 0.15) is 45.2 Å². The van der Waals surface area contributed by atoms with Crippen LogP contribution in [-0.2, 0) is 4.74 Å². The van der Waals surface area contributed by atoms with E-state index in [4.69, 9.17) is 4.74 Å². The van der Waals surface area contributed by atoms with Gasteiger partial charge in [0.05, 0.1) is 6.61 Å². The largest absolute Gasteiger partial charge is 0.383 e. The summed E-state index contributed by atoms with van der Waals surface area (Å²) in [7, 11) is 3.73. The second kappa shape index (κ2) is 8.93. The van der Waals surface area contributed by atoms with Crippen molar-refractivity contribution >= 4 is 5.82 Å².